The molecule has 1 fully saturated rings. The van der Waals surface area contributed by atoms with Crippen LogP contribution in [0.5, 0.6) is 5.75 Å². The Labute approximate surface area is 111 Å². The van der Waals surface area contributed by atoms with Gasteiger partial charge >= 0.3 is 5.97 Å². The van der Waals surface area contributed by atoms with Crippen molar-refractivity contribution < 1.29 is 23.1 Å². The first kappa shape index (κ1) is 13.8. The molecule has 2 N–H and O–H groups in total. The van der Waals surface area contributed by atoms with E-state index in [1.54, 1.807) is 0 Å². The lowest BCUT2D eigenvalue weighted by Gasteiger charge is -2.11. The average molecular weight is 285 g/mol. The highest BCUT2D eigenvalue weighted by Crippen LogP contribution is 2.32. The number of hydrogen-bond donors (Lipinski definition) is 2. The third-order valence-corrected chi connectivity index (χ3v) is 4.63. The van der Waals surface area contributed by atoms with E-state index in [1.165, 1.54) is 19.2 Å². The third kappa shape index (κ3) is 2.87. The van der Waals surface area contributed by atoms with E-state index in [0.29, 0.717) is 5.92 Å². The average Bonchev–Trinajstić information content (AvgIpc) is 3.02. The molecular formula is C12H15NO5S. The minimum absolute atomic E-state index is 0.0804. The number of ether oxygens (including phenoxy) is 1. The van der Waals surface area contributed by atoms with E-state index in [-0.39, 0.29) is 22.3 Å². The van der Waals surface area contributed by atoms with Crippen LogP contribution in [0.25, 0.3) is 0 Å². The van der Waals surface area contributed by atoms with E-state index >= 15 is 0 Å². The minimum Gasteiger partial charge on any atom is -0.495 e. The molecule has 7 heteroatoms. The number of rotatable bonds is 5. The van der Waals surface area contributed by atoms with Crippen LogP contribution < -0.4 is 9.46 Å². The van der Waals surface area contributed by atoms with Gasteiger partial charge in [0.15, 0.2) is 0 Å². The van der Waals surface area contributed by atoms with Gasteiger partial charge in [-0.1, -0.05) is 6.92 Å². The summed E-state index contributed by atoms with van der Waals surface area (Å²) in [5.74, 6) is -0.742. The predicted molar refractivity (Wildman–Crippen MR) is 67.8 cm³/mol. The van der Waals surface area contributed by atoms with Crippen molar-refractivity contribution in [2.45, 2.75) is 24.3 Å². The van der Waals surface area contributed by atoms with Crippen molar-refractivity contribution in [3.63, 3.8) is 0 Å². The first-order valence-electron chi connectivity index (χ1n) is 5.79. The molecule has 2 unspecified atom stereocenters. The molecule has 1 saturated carbocycles. The Balaban J connectivity index is 2.40. The Hall–Kier alpha value is -1.60. The van der Waals surface area contributed by atoms with Gasteiger partial charge in [-0.2, -0.15) is 0 Å². The molecule has 0 spiro atoms. The van der Waals surface area contributed by atoms with Gasteiger partial charge in [0.05, 0.1) is 12.7 Å². The van der Waals surface area contributed by atoms with E-state index in [1.807, 2.05) is 6.92 Å². The van der Waals surface area contributed by atoms with Crippen LogP contribution in [-0.4, -0.2) is 32.6 Å². The zero-order chi connectivity index (χ0) is 14.2. The van der Waals surface area contributed by atoms with Gasteiger partial charge < -0.3 is 9.84 Å². The molecule has 0 aliphatic heterocycles. The molecule has 0 heterocycles. The molecule has 6 nitrogen and oxygen atoms in total. The SMILES string of the molecule is COc1ccc(C(=O)O)cc1S(=O)(=O)NC1CC1C. The Kier molecular flexibility index (Phi) is 3.51. The molecule has 0 amide bonds. The smallest absolute Gasteiger partial charge is 0.335 e. The fourth-order valence-corrected chi connectivity index (χ4v) is 3.32. The van der Waals surface area contributed by atoms with Crippen LogP contribution in [0.2, 0.25) is 0 Å². The monoisotopic (exact) mass is 285 g/mol. The molecule has 104 valence electrons. The molecule has 2 rings (SSSR count). The molecule has 1 aromatic carbocycles. The molecule has 2 atom stereocenters. The fraction of sp³-hybridized carbons (Fsp3) is 0.417. The Bertz CT molecular complexity index is 611. The Morgan fingerprint density at radius 2 is 2.11 bits per heavy atom. The molecule has 0 aromatic heterocycles. The van der Waals surface area contributed by atoms with Crippen LogP contribution in [-0.2, 0) is 10.0 Å². The number of carboxylic acid groups (broad SMARTS) is 1. The van der Waals surface area contributed by atoms with Crippen LogP contribution in [0.1, 0.15) is 23.7 Å². The van der Waals surface area contributed by atoms with Gasteiger partial charge in [0.25, 0.3) is 0 Å². The summed E-state index contributed by atoms with van der Waals surface area (Å²) in [6, 6.07) is 3.67. The molecule has 19 heavy (non-hydrogen) atoms. The van der Waals surface area contributed by atoms with E-state index in [0.717, 1.165) is 12.5 Å². The first-order valence-corrected chi connectivity index (χ1v) is 7.27. The van der Waals surface area contributed by atoms with E-state index < -0.39 is 16.0 Å². The van der Waals surface area contributed by atoms with Crippen molar-refractivity contribution in [3.8, 4) is 5.75 Å². The van der Waals surface area contributed by atoms with Crippen LogP contribution >= 0.6 is 0 Å². The lowest BCUT2D eigenvalue weighted by atomic mass is 10.2. The van der Waals surface area contributed by atoms with E-state index in [2.05, 4.69) is 4.72 Å². The van der Waals surface area contributed by atoms with Crippen LogP contribution in [0.4, 0.5) is 0 Å². The van der Waals surface area contributed by atoms with Crippen LogP contribution in [0, 0.1) is 5.92 Å². The number of hydrogen-bond acceptors (Lipinski definition) is 4. The number of benzene rings is 1. The maximum absolute atomic E-state index is 12.2. The molecule has 0 saturated heterocycles. The quantitative estimate of drug-likeness (QED) is 0.844. The van der Waals surface area contributed by atoms with Crippen molar-refractivity contribution in [2.75, 3.05) is 7.11 Å². The minimum atomic E-state index is -3.77. The second-order valence-electron chi connectivity index (χ2n) is 4.61. The number of nitrogens with one attached hydrogen (secondary N) is 1. The summed E-state index contributed by atoms with van der Waals surface area (Å²) in [5, 5.41) is 8.92. The van der Waals surface area contributed by atoms with Gasteiger partial charge in [-0.3, -0.25) is 0 Å². The zero-order valence-electron chi connectivity index (χ0n) is 10.6. The zero-order valence-corrected chi connectivity index (χ0v) is 11.4. The number of carbonyl (C=O) groups is 1. The van der Waals surface area contributed by atoms with Crippen molar-refractivity contribution in [1.82, 2.24) is 4.72 Å². The fourth-order valence-electron chi connectivity index (χ4n) is 1.77. The molecule has 0 radical (unpaired) electrons. The first-order chi connectivity index (χ1) is 8.85. The largest absolute Gasteiger partial charge is 0.495 e. The maximum atomic E-state index is 12.2. The summed E-state index contributed by atoms with van der Waals surface area (Å²) in [6.45, 7) is 1.94. The van der Waals surface area contributed by atoms with Crippen molar-refractivity contribution in [2.24, 2.45) is 5.92 Å². The number of carboxylic acids is 1. The van der Waals surface area contributed by atoms with Crippen molar-refractivity contribution >= 4 is 16.0 Å². The Morgan fingerprint density at radius 3 is 2.58 bits per heavy atom. The normalized spacial score (nSPS) is 22.0. The van der Waals surface area contributed by atoms with Gasteiger partial charge in [-0.25, -0.2) is 17.9 Å². The number of sulfonamides is 1. The summed E-state index contributed by atoms with van der Waals surface area (Å²) in [7, 11) is -2.43. The molecular weight excluding hydrogens is 270 g/mol. The summed E-state index contributed by atoms with van der Waals surface area (Å²) < 4.78 is 31.9. The van der Waals surface area contributed by atoms with Gasteiger partial charge in [-0.15, -0.1) is 0 Å². The predicted octanol–water partition coefficient (Wildman–Crippen LogP) is 1.08. The topological polar surface area (TPSA) is 92.7 Å². The maximum Gasteiger partial charge on any atom is 0.335 e. The second-order valence-corrected chi connectivity index (χ2v) is 6.29. The lowest BCUT2D eigenvalue weighted by Crippen LogP contribution is -2.27. The summed E-state index contributed by atoms with van der Waals surface area (Å²) in [5.41, 5.74) is -0.0926. The lowest BCUT2D eigenvalue weighted by molar-refractivity contribution is 0.0696. The van der Waals surface area contributed by atoms with E-state index in [9.17, 15) is 13.2 Å². The van der Waals surface area contributed by atoms with Gasteiger partial charge in [0.1, 0.15) is 10.6 Å². The number of methoxy groups -OCH3 is 1. The summed E-state index contributed by atoms with van der Waals surface area (Å²) >= 11 is 0. The third-order valence-electron chi connectivity index (χ3n) is 3.12. The van der Waals surface area contributed by atoms with E-state index in [4.69, 9.17) is 9.84 Å². The highest BCUT2D eigenvalue weighted by atomic mass is 32.2. The second kappa shape index (κ2) is 4.82. The summed E-state index contributed by atoms with van der Waals surface area (Å²) in [4.78, 5) is 10.8. The standard InChI is InChI=1S/C12H15NO5S/c1-7-5-9(7)13-19(16,17)11-6-8(12(14)15)3-4-10(11)18-2/h3-4,6-7,9,13H,5H2,1-2H3,(H,14,15). The molecule has 1 aromatic rings. The van der Waals surface area contributed by atoms with Crippen molar-refractivity contribution in [1.29, 1.82) is 0 Å². The molecule has 1 aliphatic carbocycles. The van der Waals surface area contributed by atoms with Gasteiger partial charge in [0, 0.05) is 6.04 Å². The van der Waals surface area contributed by atoms with Crippen LogP contribution in [0.3, 0.4) is 0 Å². The molecule has 1 aliphatic rings. The van der Waals surface area contributed by atoms with Crippen molar-refractivity contribution in [3.05, 3.63) is 23.8 Å². The van der Waals surface area contributed by atoms with Gasteiger partial charge in [0.2, 0.25) is 10.0 Å². The number of aromatic carboxylic acids is 1. The Morgan fingerprint density at radius 1 is 1.47 bits per heavy atom. The summed E-state index contributed by atoms with van der Waals surface area (Å²) in [6.07, 6.45) is 0.792. The van der Waals surface area contributed by atoms with Gasteiger partial charge in [-0.05, 0) is 30.5 Å². The highest BCUT2D eigenvalue weighted by Gasteiger charge is 2.37. The van der Waals surface area contributed by atoms with Crippen LogP contribution in [0.15, 0.2) is 23.1 Å². The highest BCUT2D eigenvalue weighted by molar-refractivity contribution is 7.89. The molecule has 0 bridgehead atoms.